The molecule has 1 aromatic heterocycles. The third-order valence-corrected chi connectivity index (χ3v) is 1.52. The maximum Gasteiger partial charge on any atom is 0.247 e. The van der Waals surface area contributed by atoms with Gasteiger partial charge in [-0.15, -0.1) is 0 Å². The molecule has 0 amide bonds. The molecule has 68 valence electrons. The van der Waals surface area contributed by atoms with Crippen molar-refractivity contribution in [3.8, 4) is 11.8 Å². The fourth-order valence-corrected chi connectivity index (χ4v) is 0.840. The van der Waals surface area contributed by atoms with Crippen LogP contribution in [0.15, 0.2) is 23.1 Å². The van der Waals surface area contributed by atoms with Crippen molar-refractivity contribution in [1.82, 2.24) is 10.3 Å². The summed E-state index contributed by atoms with van der Waals surface area (Å²) in [4.78, 5) is 13.3. The first-order valence-electron chi connectivity index (χ1n) is 4.15. The maximum atomic E-state index is 10.7. The van der Waals surface area contributed by atoms with Crippen molar-refractivity contribution >= 4 is 0 Å². The van der Waals surface area contributed by atoms with Crippen LogP contribution in [0.2, 0.25) is 0 Å². The predicted molar refractivity (Wildman–Crippen MR) is 52.5 cm³/mol. The van der Waals surface area contributed by atoms with E-state index < -0.39 is 0 Å². The zero-order valence-electron chi connectivity index (χ0n) is 7.55. The third-order valence-electron chi connectivity index (χ3n) is 1.52. The molecule has 0 aromatic carbocycles. The maximum absolute atomic E-state index is 10.7. The van der Waals surface area contributed by atoms with Crippen LogP contribution in [0.5, 0.6) is 0 Å². The molecule has 0 fully saturated rings. The minimum atomic E-state index is -0.0965. The summed E-state index contributed by atoms with van der Waals surface area (Å²) in [5, 5.41) is 3.00. The number of H-pyrrole nitrogens is 1. The van der Waals surface area contributed by atoms with E-state index in [9.17, 15) is 4.79 Å². The SMILES string of the molecule is CNCCC#Cc1ccc(=O)[nH]c1. The fourth-order valence-electron chi connectivity index (χ4n) is 0.840. The minimum absolute atomic E-state index is 0.0965. The molecule has 0 aliphatic rings. The Morgan fingerprint density at radius 2 is 2.38 bits per heavy atom. The number of rotatable bonds is 2. The quantitative estimate of drug-likeness (QED) is 0.504. The van der Waals surface area contributed by atoms with Crippen LogP contribution in [-0.4, -0.2) is 18.6 Å². The molecule has 3 nitrogen and oxygen atoms in total. The van der Waals surface area contributed by atoms with Gasteiger partial charge in [-0.05, 0) is 13.1 Å². The Morgan fingerprint density at radius 3 is 3.00 bits per heavy atom. The van der Waals surface area contributed by atoms with Gasteiger partial charge in [0.1, 0.15) is 0 Å². The molecule has 0 radical (unpaired) electrons. The van der Waals surface area contributed by atoms with E-state index in [1.807, 2.05) is 7.05 Å². The molecule has 0 saturated heterocycles. The normalized spacial score (nSPS) is 9.00. The van der Waals surface area contributed by atoms with Gasteiger partial charge in [0.2, 0.25) is 5.56 Å². The lowest BCUT2D eigenvalue weighted by Gasteiger charge is -1.88. The van der Waals surface area contributed by atoms with Crippen LogP contribution in [0.1, 0.15) is 12.0 Å². The van der Waals surface area contributed by atoms with Gasteiger partial charge in [-0.25, -0.2) is 0 Å². The zero-order valence-corrected chi connectivity index (χ0v) is 7.55. The molecule has 0 atom stereocenters. The molecule has 3 heteroatoms. The summed E-state index contributed by atoms with van der Waals surface area (Å²) >= 11 is 0. The van der Waals surface area contributed by atoms with Crippen LogP contribution < -0.4 is 10.9 Å². The number of aromatic amines is 1. The molecular formula is C10H12N2O. The smallest absolute Gasteiger partial charge is 0.247 e. The molecule has 2 N–H and O–H groups in total. The van der Waals surface area contributed by atoms with Crippen molar-refractivity contribution < 1.29 is 0 Å². The van der Waals surface area contributed by atoms with Crippen LogP contribution in [0.25, 0.3) is 0 Å². The predicted octanol–water partition coefficient (Wildman–Crippen LogP) is 0.336. The van der Waals surface area contributed by atoms with Crippen LogP contribution in [0.4, 0.5) is 0 Å². The first-order chi connectivity index (χ1) is 6.33. The summed E-state index contributed by atoms with van der Waals surface area (Å²) in [5.74, 6) is 5.93. The first kappa shape index (κ1) is 9.56. The molecule has 0 bridgehead atoms. The molecule has 1 rings (SSSR count). The standard InChI is InChI=1S/C10H12N2O/c1-11-7-3-2-4-9-5-6-10(13)12-8-9/h5-6,8,11H,3,7H2,1H3,(H,12,13). The molecule has 1 heterocycles. The van der Waals surface area contributed by atoms with E-state index in [0.717, 1.165) is 18.5 Å². The van der Waals surface area contributed by atoms with Crippen LogP contribution in [0, 0.1) is 11.8 Å². The van der Waals surface area contributed by atoms with E-state index in [1.54, 1.807) is 12.3 Å². The Bertz CT molecular complexity index is 350. The second-order valence-corrected chi connectivity index (χ2v) is 2.60. The summed E-state index contributed by atoms with van der Waals surface area (Å²) in [6.07, 6.45) is 2.43. The van der Waals surface area contributed by atoms with Gasteiger partial charge in [0.25, 0.3) is 0 Å². The van der Waals surface area contributed by atoms with Gasteiger partial charge in [0.15, 0.2) is 0 Å². The Hall–Kier alpha value is -1.53. The monoisotopic (exact) mass is 176 g/mol. The lowest BCUT2D eigenvalue weighted by Crippen LogP contribution is -2.06. The van der Waals surface area contributed by atoms with Crippen LogP contribution in [0.3, 0.4) is 0 Å². The highest BCUT2D eigenvalue weighted by molar-refractivity contribution is 5.30. The highest BCUT2D eigenvalue weighted by Gasteiger charge is 1.84. The Kier molecular flexibility index (Phi) is 3.80. The van der Waals surface area contributed by atoms with E-state index in [1.165, 1.54) is 6.07 Å². The molecule has 1 aromatic rings. The number of nitrogens with one attached hydrogen (secondary N) is 2. The molecule has 0 spiro atoms. The summed E-state index contributed by atoms with van der Waals surface area (Å²) in [6, 6.07) is 3.19. The van der Waals surface area contributed by atoms with Crippen molar-refractivity contribution in [2.24, 2.45) is 0 Å². The van der Waals surface area contributed by atoms with Crippen molar-refractivity contribution in [2.75, 3.05) is 13.6 Å². The summed E-state index contributed by atoms with van der Waals surface area (Å²) in [7, 11) is 1.89. The Balaban J connectivity index is 2.57. The largest absolute Gasteiger partial charge is 0.328 e. The zero-order chi connectivity index (χ0) is 9.52. The van der Waals surface area contributed by atoms with E-state index in [-0.39, 0.29) is 5.56 Å². The molecule has 0 saturated carbocycles. The second kappa shape index (κ2) is 5.18. The number of hydrogen-bond acceptors (Lipinski definition) is 2. The summed E-state index contributed by atoms with van der Waals surface area (Å²) in [5.41, 5.74) is 0.747. The number of pyridine rings is 1. The summed E-state index contributed by atoms with van der Waals surface area (Å²) < 4.78 is 0. The van der Waals surface area contributed by atoms with E-state index in [4.69, 9.17) is 0 Å². The van der Waals surface area contributed by atoms with Gasteiger partial charge in [0.05, 0.1) is 0 Å². The number of hydrogen-bond donors (Lipinski definition) is 2. The lowest BCUT2D eigenvalue weighted by atomic mass is 10.3. The van der Waals surface area contributed by atoms with Crippen LogP contribution in [-0.2, 0) is 0 Å². The van der Waals surface area contributed by atoms with E-state index in [2.05, 4.69) is 22.1 Å². The van der Waals surface area contributed by atoms with Crippen molar-refractivity contribution in [2.45, 2.75) is 6.42 Å². The highest BCUT2D eigenvalue weighted by Crippen LogP contribution is 1.88. The van der Waals surface area contributed by atoms with E-state index >= 15 is 0 Å². The van der Waals surface area contributed by atoms with Gasteiger partial charge in [-0.2, -0.15) is 0 Å². The third kappa shape index (κ3) is 3.59. The van der Waals surface area contributed by atoms with Gasteiger partial charge in [-0.1, -0.05) is 11.8 Å². The minimum Gasteiger partial charge on any atom is -0.328 e. The van der Waals surface area contributed by atoms with Crippen molar-refractivity contribution in [3.05, 3.63) is 34.2 Å². The highest BCUT2D eigenvalue weighted by atomic mass is 16.1. The average Bonchev–Trinajstić information content (AvgIpc) is 2.15. The first-order valence-corrected chi connectivity index (χ1v) is 4.15. The van der Waals surface area contributed by atoms with Gasteiger partial charge in [-0.3, -0.25) is 4.79 Å². The summed E-state index contributed by atoms with van der Waals surface area (Å²) in [6.45, 7) is 0.885. The Labute approximate surface area is 77.2 Å². The van der Waals surface area contributed by atoms with Crippen molar-refractivity contribution in [1.29, 1.82) is 0 Å². The molecular weight excluding hydrogens is 164 g/mol. The molecule has 0 unspecified atom stereocenters. The molecule has 0 aliphatic carbocycles. The van der Waals surface area contributed by atoms with E-state index in [0.29, 0.717) is 0 Å². The average molecular weight is 176 g/mol. The van der Waals surface area contributed by atoms with Gasteiger partial charge in [0, 0.05) is 30.8 Å². The fraction of sp³-hybridized carbons (Fsp3) is 0.300. The second-order valence-electron chi connectivity index (χ2n) is 2.60. The molecule has 0 aliphatic heterocycles. The number of aromatic nitrogens is 1. The Morgan fingerprint density at radius 1 is 1.54 bits per heavy atom. The van der Waals surface area contributed by atoms with Gasteiger partial charge < -0.3 is 10.3 Å². The topological polar surface area (TPSA) is 44.9 Å². The van der Waals surface area contributed by atoms with Gasteiger partial charge >= 0.3 is 0 Å². The lowest BCUT2D eigenvalue weighted by molar-refractivity contribution is 0.818. The van der Waals surface area contributed by atoms with Crippen molar-refractivity contribution in [3.63, 3.8) is 0 Å². The molecule has 13 heavy (non-hydrogen) atoms. The van der Waals surface area contributed by atoms with Crippen LogP contribution >= 0.6 is 0 Å².